The van der Waals surface area contributed by atoms with Crippen molar-refractivity contribution in [2.24, 2.45) is 7.05 Å². The average Bonchev–Trinajstić information content (AvgIpc) is 2.90. The van der Waals surface area contributed by atoms with E-state index in [0.29, 0.717) is 12.1 Å². The molecule has 1 amide bonds. The number of phenolic OH excluding ortho intramolecular Hbond substituents is 1. The molecule has 22 heavy (non-hydrogen) atoms. The number of fused-ring (bicyclic) bond motifs is 1. The molecule has 1 heterocycles. The topological polar surface area (TPSA) is 54.3 Å². The van der Waals surface area contributed by atoms with Crippen molar-refractivity contribution in [3.8, 4) is 5.75 Å². The maximum Gasteiger partial charge on any atom is 0.251 e. The number of benzene rings is 2. The lowest BCUT2D eigenvalue weighted by molar-refractivity contribution is 0.0954. The summed E-state index contributed by atoms with van der Waals surface area (Å²) in [5, 5.41) is 13.3. The summed E-state index contributed by atoms with van der Waals surface area (Å²) in [7, 11) is 1.97. The largest absolute Gasteiger partial charge is 0.508 e. The van der Waals surface area contributed by atoms with Gasteiger partial charge in [0.25, 0.3) is 5.91 Å². The normalized spacial score (nSPS) is 10.8. The number of carbonyl (C=O) groups is 1. The van der Waals surface area contributed by atoms with Crippen molar-refractivity contribution >= 4 is 16.8 Å². The third-order valence-corrected chi connectivity index (χ3v) is 3.79. The van der Waals surface area contributed by atoms with E-state index in [2.05, 4.69) is 5.32 Å². The van der Waals surface area contributed by atoms with E-state index in [4.69, 9.17) is 0 Å². The first kappa shape index (κ1) is 14.2. The number of aryl methyl sites for hydroxylation is 1. The third-order valence-electron chi connectivity index (χ3n) is 3.79. The monoisotopic (exact) mass is 294 g/mol. The molecule has 0 saturated carbocycles. The van der Waals surface area contributed by atoms with Crippen LogP contribution in [0.3, 0.4) is 0 Å². The SMILES string of the molecule is Cn1ccc2ccc(C(=O)NCCc3ccc(O)cc3)cc21. The minimum absolute atomic E-state index is 0.0677. The van der Waals surface area contributed by atoms with E-state index in [0.717, 1.165) is 22.9 Å². The van der Waals surface area contributed by atoms with Crippen molar-refractivity contribution in [3.63, 3.8) is 0 Å². The van der Waals surface area contributed by atoms with E-state index in [1.54, 1.807) is 12.1 Å². The summed E-state index contributed by atoms with van der Waals surface area (Å²) in [6.45, 7) is 0.564. The van der Waals surface area contributed by atoms with Crippen LogP contribution in [0.5, 0.6) is 5.75 Å². The fourth-order valence-corrected chi connectivity index (χ4v) is 2.49. The number of hydrogen-bond acceptors (Lipinski definition) is 2. The number of nitrogens with zero attached hydrogens (tertiary/aromatic N) is 1. The van der Waals surface area contributed by atoms with E-state index in [9.17, 15) is 9.90 Å². The molecule has 1 aromatic heterocycles. The van der Waals surface area contributed by atoms with Crippen LogP contribution in [0.2, 0.25) is 0 Å². The number of aromatic hydroxyl groups is 1. The van der Waals surface area contributed by atoms with Crippen LogP contribution >= 0.6 is 0 Å². The highest BCUT2D eigenvalue weighted by Crippen LogP contribution is 2.16. The van der Waals surface area contributed by atoms with E-state index in [1.165, 1.54) is 0 Å². The molecule has 3 rings (SSSR count). The standard InChI is InChI=1S/C18H18N2O2/c1-20-11-9-14-4-5-15(12-17(14)20)18(22)19-10-8-13-2-6-16(21)7-3-13/h2-7,9,11-12,21H,8,10H2,1H3,(H,19,22). The van der Waals surface area contributed by atoms with Gasteiger partial charge in [0.15, 0.2) is 0 Å². The number of aromatic nitrogens is 1. The van der Waals surface area contributed by atoms with Crippen molar-refractivity contribution in [2.75, 3.05) is 6.54 Å². The van der Waals surface area contributed by atoms with Crippen LogP contribution in [0, 0.1) is 0 Å². The fraction of sp³-hybridized carbons (Fsp3) is 0.167. The quantitative estimate of drug-likeness (QED) is 0.777. The molecule has 0 aliphatic carbocycles. The lowest BCUT2D eigenvalue weighted by Gasteiger charge is -2.06. The Hall–Kier alpha value is -2.75. The molecule has 2 N–H and O–H groups in total. The van der Waals surface area contributed by atoms with E-state index in [1.807, 2.05) is 54.2 Å². The molecule has 0 fully saturated rings. The van der Waals surface area contributed by atoms with Crippen molar-refractivity contribution in [3.05, 3.63) is 65.9 Å². The number of rotatable bonds is 4. The van der Waals surface area contributed by atoms with Gasteiger partial charge in [-0.1, -0.05) is 18.2 Å². The first-order valence-corrected chi connectivity index (χ1v) is 7.25. The third kappa shape index (κ3) is 2.96. The van der Waals surface area contributed by atoms with Gasteiger partial charge in [0.05, 0.1) is 0 Å². The number of amides is 1. The van der Waals surface area contributed by atoms with Crippen LogP contribution in [0.1, 0.15) is 15.9 Å². The highest BCUT2D eigenvalue weighted by Gasteiger charge is 2.07. The first-order valence-electron chi connectivity index (χ1n) is 7.25. The summed E-state index contributed by atoms with van der Waals surface area (Å²) in [6.07, 6.45) is 2.72. The van der Waals surface area contributed by atoms with Crippen molar-refractivity contribution in [1.29, 1.82) is 0 Å². The maximum atomic E-state index is 12.2. The summed E-state index contributed by atoms with van der Waals surface area (Å²) in [5.74, 6) is 0.186. The minimum Gasteiger partial charge on any atom is -0.508 e. The van der Waals surface area contributed by atoms with Crippen molar-refractivity contribution < 1.29 is 9.90 Å². The molecular formula is C18H18N2O2. The Morgan fingerprint density at radius 2 is 1.91 bits per heavy atom. The molecule has 3 aromatic rings. The van der Waals surface area contributed by atoms with Gasteiger partial charge in [-0.2, -0.15) is 0 Å². The molecule has 0 bridgehead atoms. The smallest absolute Gasteiger partial charge is 0.251 e. The molecule has 2 aromatic carbocycles. The second-order valence-electron chi connectivity index (χ2n) is 5.37. The van der Waals surface area contributed by atoms with Gasteiger partial charge < -0.3 is 15.0 Å². The first-order chi connectivity index (χ1) is 10.6. The van der Waals surface area contributed by atoms with Crippen LogP contribution in [0.4, 0.5) is 0 Å². The number of carbonyl (C=O) groups excluding carboxylic acids is 1. The van der Waals surface area contributed by atoms with Crippen LogP contribution in [0.25, 0.3) is 10.9 Å². The van der Waals surface area contributed by atoms with E-state index in [-0.39, 0.29) is 11.7 Å². The second-order valence-corrected chi connectivity index (χ2v) is 5.37. The highest BCUT2D eigenvalue weighted by molar-refractivity contribution is 5.98. The van der Waals surface area contributed by atoms with Gasteiger partial charge in [-0.15, -0.1) is 0 Å². The van der Waals surface area contributed by atoms with Gasteiger partial charge in [0, 0.05) is 30.9 Å². The van der Waals surface area contributed by atoms with Crippen LogP contribution in [-0.4, -0.2) is 22.1 Å². The van der Waals surface area contributed by atoms with Gasteiger partial charge in [0.1, 0.15) is 5.75 Å². The lowest BCUT2D eigenvalue weighted by Crippen LogP contribution is -2.25. The summed E-state index contributed by atoms with van der Waals surface area (Å²) in [5.41, 5.74) is 2.79. The van der Waals surface area contributed by atoms with Crippen LogP contribution in [-0.2, 0) is 13.5 Å². The minimum atomic E-state index is -0.0677. The Bertz CT molecular complexity index is 804. The van der Waals surface area contributed by atoms with Gasteiger partial charge >= 0.3 is 0 Å². The zero-order chi connectivity index (χ0) is 15.5. The second kappa shape index (κ2) is 5.93. The molecule has 112 valence electrons. The molecule has 0 spiro atoms. The van der Waals surface area contributed by atoms with Crippen molar-refractivity contribution in [1.82, 2.24) is 9.88 Å². The molecule has 0 aliphatic heterocycles. The van der Waals surface area contributed by atoms with E-state index < -0.39 is 0 Å². The Balaban J connectivity index is 1.63. The molecule has 0 unspecified atom stereocenters. The predicted molar refractivity (Wildman–Crippen MR) is 87.1 cm³/mol. The van der Waals surface area contributed by atoms with Gasteiger partial charge in [-0.05, 0) is 47.7 Å². The summed E-state index contributed by atoms with van der Waals surface area (Å²) < 4.78 is 2.00. The molecule has 0 atom stereocenters. The zero-order valence-corrected chi connectivity index (χ0v) is 12.4. The summed E-state index contributed by atoms with van der Waals surface area (Å²) >= 11 is 0. The Morgan fingerprint density at radius 3 is 2.68 bits per heavy atom. The number of nitrogens with one attached hydrogen (secondary N) is 1. The Kier molecular flexibility index (Phi) is 3.83. The van der Waals surface area contributed by atoms with Crippen LogP contribution in [0.15, 0.2) is 54.7 Å². The Morgan fingerprint density at radius 1 is 1.14 bits per heavy atom. The number of hydrogen-bond donors (Lipinski definition) is 2. The highest BCUT2D eigenvalue weighted by atomic mass is 16.3. The van der Waals surface area contributed by atoms with Gasteiger partial charge in [-0.3, -0.25) is 4.79 Å². The van der Waals surface area contributed by atoms with Gasteiger partial charge in [0.2, 0.25) is 0 Å². The average molecular weight is 294 g/mol. The fourth-order valence-electron chi connectivity index (χ4n) is 2.49. The van der Waals surface area contributed by atoms with Gasteiger partial charge in [-0.25, -0.2) is 0 Å². The molecular weight excluding hydrogens is 276 g/mol. The summed E-state index contributed by atoms with van der Waals surface area (Å²) in [4.78, 5) is 12.2. The Labute approximate surface area is 129 Å². The molecule has 4 nitrogen and oxygen atoms in total. The molecule has 4 heteroatoms. The molecule has 0 radical (unpaired) electrons. The number of phenols is 1. The zero-order valence-electron chi connectivity index (χ0n) is 12.4. The molecule has 0 aliphatic rings. The maximum absolute atomic E-state index is 12.2. The lowest BCUT2D eigenvalue weighted by atomic mass is 10.1. The van der Waals surface area contributed by atoms with E-state index >= 15 is 0 Å². The molecule has 0 saturated heterocycles. The van der Waals surface area contributed by atoms with Crippen LogP contribution < -0.4 is 5.32 Å². The predicted octanol–water partition coefficient (Wildman–Crippen LogP) is 2.86. The van der Waals surface area contributed by atoms with Crippen molar-refractivity contribution in [2.45, 2.75) is 6.42 Å². The summed E-state index contributed by atoms with van der Waals surface area (Å²) in [6, 6.07) is 14.8.